The van der Waals surface area contributed by atoms with Crippen molar-refractivity contribution in [3.63, 3.8) is 0 Å². The Bertz CT molecular complexity index is 1040. The van der Waals surface area contributed by atoms with Crippen molar-refractivity contribution in [2.75, 3.05) is 0 Å². The first-order valence-corrected chi connectivity index (χ1v) is 8.93. The molecule has 0 saturated heterocycles. The summed E-state index contributed by atoms with van der Waals surface area (Å²) in [4.78, 5) is 5.45. The Morgan fingerprint density at radius 3 is 2.67 bits per heavy atom. The third-order valence-electron chi connectivity index (χ3n) is 4.10. The van der Waals surface area contributed by atoms with Crippen LogP contribution in [0.3, 0.4) is 0 Å². The van der Waals surface area contributed by atoms with E-state index >= 15 is 0 Å². The highest BCUT2D eigenvalue weighted by molar-refractivity contribution is 7.15. The van der Waals surface area contributed by atoms with E-state index in [1.807, 2.05) is 19.1 Å². The van der Waals surface area contributed by atoms with Crippen molar-refractivity contribution in [2.45, 2.75) is 19.5 Å². The van der Waals surface area contributed by atoms with Gasteiger partial charge in [-0.2, -0.15) is 18.4 Å². The Kier molecular flexibility index (Phi) is 5.15. The number of aryl methyl sites for hydroxylation is 1. The van der Waals surface area contributed by atoms with Crippen LogP contribution in [0.4, 0.5) is 13.2 Å². The van der Waals surface area contributed by atoms with Gasteiger partial charge in [0.1, 0.15) is 0 Å². The van der Waals surface area contributed by atoms with Crippen LogP contribution in [0.2, 0.25) is 0 Å². The Labute approximate surface area is 159 Å². The molecule has 0 fully saturated rings. The lowest BCUT2D eigenvalue weighted by Crippen LogP contribution is -2.05. The summed E-state index contributed by atoms with van der Waals surface area (Å²) >= 11 is 1.44. The van der Waals surface area contributed by atoms with Crippen LogP contribution < -0.4 is 0 Å². The van der Waals surface area contributed by atoms with E-state index < -0.39 is 11.7 Å². The van der Waals surface area contributed by atoms with E-state index in [-0.39, 0.29) is 0 Å². The van der Waals surface area contributed by atoms with Gasteiger partial charge in [-0.3, -0.25) is 0 Å². The summed E-state index contributed by atoms with van der Waals surface area (Å²) in [7, 11) is 0. The molecule has 136 valence electrons. The molecule has 3 rings (SSSR count). The number of aromatic nitrogens is 1. The molecule has 0 unspecified atom stereocenters. The number of halogens is 3. The average Bonchev–Trinajstić information content (AvgIpc) is 3.00. The summed E-state index contributed by atoms with van der Waals surface area (Å²) < 4.78 is 38.7. The molecule has 0 aliphatic carbocycles. The molecule has 0 aliphatic rings. The molecule has 0 spiro atoms. The van der Waals surface area contributed by atoms with E-state index in [1.54, 1.807) is 18.2 Å². The molecule has 0 aliphatic heterocycles. The molecule has 0 saturated carbocycles. The number of nitriles is 1. The molecule has 0 bridgehead atoms. The summed E-state index contributed by atoms with van der Waals surface area (Å²) in [5, 5.41) is 9.87. The van der Waals surface area contributed by atoms with Gasteiger partial charge >= 0.3 is 6.18 Å². The molecule has 2 nitrogen and oxygen atoms in total. The number of hydrogen-bond donors (Lipinski definition) is 0. The van der Waals surface area contributed by atoms with Crippen LogP contribution in [0.15, 0.2) is 49.0 Å². The first-order valence-electron chi connectivity index (χ1n) is 8.11. The van der Waals surface area contributed by atoms with Crippen LogP contribution >= 0.6 is 11.3 Å². The predicted octanol–water partition coefficient (Wildman–Crippen LogP) is 6.24. The Morgan fingerprint density at radius 1 is 1.22 bits per heavy atom. The van der Waals surface area contributed by atoms with Gasteiger partial charge in [-0.1, -0.05) is 36.9 Å². The summed E-state index contributed by atoms with van der Waals surface area (Å²) in [5.41, 5.74) is 2.91. The number of rotatable bonds is 4. The van der Waals surface area contributed by atoms with Crippen molar-refractivity contribution >= 4 is 17.4 Å². The Balaban J connectivity index is 1.92. The van der Waals surface area contributed by atoms with Gasteiger partial charge in [-0.25, -0.2) is 4.98 Å². The maximum atomic E-state index is 12.9. The van der Waals surface area contributed by atoms with Crippen LogP contribution in [0.5, 0.6) is 0 Å². The van der Waals surface area contributed by atoms with Gasteiger partial charge in [0.15, 0.2) is 0 Å². The lowest BCUT2D eigenvalue weighted by Gasteiger charge is -2.07. The summed E-state index contributed by atoms with van der Waals surface area (Å²) in [5.74, 6) is 0. The van der Waals surface area contributed by atoms with Crippen molar-refractivity contribution in [1.29, 1.82) is 5.26 Å². The second kappa shape index (κ2) is 7.37. The molecule has 0 radical (unpaired) electrons. The number of benzene rings is 2. The SMILES string of the molecule is C=Cc1cc(-c2sc(Cc3cccc(C(F)(F)F)c3)nc2C)ccc1C#N. The van der Waals surface area contributed by atoms with Crippen LogP contribution in [-0.4, -0.2) is 4.98 Å². The predicted molar refractivity (Wildman–Crippen MR) is 101 cm³/mol. The van der Waals surface area contributed by atoms with Crippen LogP contribution in [-0.2, 0) is 12.6 Å². The maximum Gasteiger partial charge on any atom is 0.416 e. The lowest BCUT2D eigenvalue weighted by atomic mass is 10.0. The Morgan fingerprint density at radius 2 is 2.00 bits per heavy atom. The third-order valence-corrected chi connectivity index (χ3v) is 5.31. The van der Waals surface area contributed by atoms with Gasteiger partial charge in [0.25, 0.3) is 0 Å². The van der Waals surface area contributed by atoms with Crippen molar-refractivity contribution in [2.24, 2.45) is 0 Å². The highest BCUT2D eigenvalue weighted by Crippen LogP contribution is 2.34. The lowest BCUT2D eigenvalue weighted by molar-refractivity contribution is -0.137. The van der Waals surface area contributed by atoms with E-state index in [4.69, 9.17) is 5.26 Å². The van der Waals surface area contributed by atoms with Crippen LogP contribution in [0.25, 0.3) is 16.5 Å². The largest absolute Gasteiger partial charge is 0.416 e. The molecule has 0 atom stereocenters. The van der Waals surface area contributed by atoms with Gasteiger partial charge in [-0.15, -0.1) is 11.3 Å². The minimum absolute atomic E-state index is 0.333. The smallest absolute Gasteiger partial charge is 0.246 e. The first-order chi connectivity index (χ1) is 12.8. The second-order valence-electron chi connectivity index (χ2n) is 6.02. The molecule has 0 N–H and O–H groups in total. The number of alkyl halides is 3. The van der Waals surface area contributed by atoms with Crippen molar-refractivity contribution in [3.8, 4) is 16.5 Å². The maximum absolute atomic E-state index is 12.9. The van der Waals surface area contributed by atoms with Gasteiger partial charge in [-0.05, 0) is 41.8 Å². The fourth-order valence-electron chi connectivity index (χ4n) is 2.80. The van der Waals surface area contributed by atoms with Gasteiger partial charge < -0.3 is 0 Å². The van der Waals surface area contributed by atoms with E-state index in [1.165, 1.54) is 17.4 Å². The van der Waals surface area contributed by atoms with Crippen molar-refractivity contribution < 1.29 is 13.2 Å². The van der Waals surface area contributed by atoms with Gasteiger partial charge in [0, 0.05) is 6.42 Å². The minimum Gasteiger partial charge on any atom is -0.246 e. The molecule has 6 heteroatoms. The summed E-state index contributed by atoms with van der Waals surface area (Å²) in [6, 6.07) is 12.9. The highest BCUT2D eigenvalue weighted by Gasteiger charge is 2.30. The van der Waals surface area contributed by atoms with E-state index in [0.717, 1.165) is 38.8 Å². The fourth-order valence-corrected chi connectivity index (χ4v) is 3.90. The van der Waals surface area contributed by atoms with Crippen molar-refractivity contribution in [1.82, 2.24) is 4.98 Å². The quantitative estimate of drug-likeness (QED) is 0.534. The average molecular weight is 384 g/mol. The minimum atomic E-state index is -4.36. The van der Waals surface area contributed by atoms with Crippen LogP contribution in [0, 0.1) is 18.3 Å². The second-order valence-corrected chi connectivity index (χ2v) is 7.10. The normalized spacial score (nSPS) is 11.2. The zero-order valence-electron chi connectivity index (χ0n) is 14.5. The molecule has 2 aromatic carbocycles. The highest BCUT2D eigenvalue weighted by atomic mass is 32.1. The Hall–Kier alpha value is -2.91. The van der Waals surface area contributed by atoms with Crippen LogP contribution in [0.1, 0.15) is 33.0 Å². The monoisotopic (exact) mass is 384 g/mol. The molecular weight excluding hydrogens is 369 g/mol. The standard InChI is InChI=1S/C21H15F3N2S/c1-3-15-11-16(7-8-17(15)12-25)20-13(2)26-19(27-20)10-14-5-4-6-18(9-14)21(22,23)24/h3-9,11H,1,10H2,2H3. The van der Waals surface area contributed by atoms with E-state index in [0.29, 0.717) is 17.5 Å². The van der Waals surface area contributed by atoms with E-state index in [9.17, 15) is 13.2 Å². The molecule has 1 heterocycles. The first kappa shape index (κ1) is 18.9. The van der Waals surface area contributed by atoms with Crippen molar-refractivity contribution in [3.05, 3.63) is 82.0 Å². The zero-order chi connectivity index (χ0) is 19.6. The summed E-state index contributed by atoms with van der Waals surface area (Å²) in [6.07, 6.45) is -2.40. The van der Waals surface area contributed by atoms with E-state index in [2.05, 4.69) is 17.6 Å². The summed E-state index contributed by atoms with van der Waals surface area (Å²) in [6.45, 7) is 5.60. The number of thiazole rings is 1. The van der Waals surface area contributed by atoms with Gasteiger partial charge in [0.2, 0.25) is 0 Å². The molecule has 0 amide bonds. The number of hydrogen-bond acceptors (Lipinski definition) is 3. The molecular formula is C21H15F3N2S. The zero-order valence-corrected chi connectivity index (χ0v) is 15.3. The molecule has 1 aromatic heterocycles. The molecule has 27 heavy (non-hydrogen) atoms. The molecule has 3 aromatic rings. The van der Waals surface area contributed by atoms with Gasteiger partial charge in [0.05, 0.1) is 32.8 Å². The number of nitrogens with zero attached hydrogens (tertiary/aromatic N) is 2. The third kappa shape index (κ3) is 4.09. The topological polar surface area (TPSA) is 36.7 Å². The fraction of sp³-hybridized carbons (Fsp3) is 0.143.